The Labute approximate surface area is 158 Å². The molecule has 1 aromatic heterocycles. The Morgan fingerprint density at radius 1 is 1.12 bits per heavy atom. The Morgan fingerprint density at radius 2 is 1.77 bits per heavy atom. The van der Waals surface area contributed by atoms with Crippen molar-refractivity contribution in [3.63, 3.8) is 0 Å². The predicted molar refractivity (Wildman–Crippen MR) is 101 cm³/mol. The molecule has 4 aliphatic rings. The van der Waals surface area contributed by atoms with Gasteiger partial charge in [-0.15, -0.1) is 10.2 Å². The fourth-order valence-corrected chi connectivity index (χ4v) is 6.72. The van der Waals surface area contributed by atoms with E-state index in [1.807, 2.05) is 31.2 Å². The molecule has 0 N–H and O–H groups in total. The third-order valence-corrected chi connectivity index (χ3v) is 7.56. The molecule has 4 aliphatic carbocycles. The highest BCUT2D eigenvalue weighted by Crippen LogP contribution is 2.60. The van der Waals surface area contributed by atoms with Crippen LogP contribution in [0.3, 0.4) is 0 Å². The summed E-state index contributed by atoms with van der Waals surface area (Å²) in [6, 6.07) is 7.98. The van der Waals surface area contributed by atoms with Gasteiger partial charge in [-0.25, -0.2) is 0 Å². The van der Waals surface area contributed by atoms with Crippen LogP contribution >= 0.6 is 11.8 Å². The molecule has 1 aromatic carbocycles. The van der Waals surface area contributed by atoms with Crippen molar-refractivity contribution in [1.29, 1.82) is 0 Å². The maximum atomic E-state index is 13.1. The van der Waals surface area contributed by atoms with Crippen LogP contribution in [0.5, 0.6) is 0 Å². The van der Waals surface area contributed by atoms with E-state index in [0.717, 1.165) is 48.1 Å². The van der Waals surface area contributed by atoms with Crippen molar-refractivity contribution in [2.45, 2.75) is 50.7 Å². The van der Waals surface area contributed by atoms with Gasteiger partial charge in [0.25, 0.3) is 5.22 Å². The summed E-state index contributed by atoms with van der Waals surface area (Å²) in [6.45, 7) is 2.03. The fraction of sp³-hybridized carbons (Fsp3) is 0.571. The van der Waals surface area contributed by atoms with E-state index in [-0.39, 0.29) is 5.41 Å². The van der Waals surface area contributed by atoms with E-state index in [4.69, 9.17) is 4.42 Å². The zero-order chi connectivity index (χ0) is 17.7. The summed E-state index contributed by atoms with van der Waals surface area (Å²) in [7, 11) is 0. The number of benzene rings is 1. The summed E-state index contributed by atoms with van der Waals surface area (Å²) < 4.78 is 5.81. The van der Waals surface area contributed by atoms with Crippen LogP contribution in [0.2, 0.25) is 0 Å². The molecule has 6 rings (SSSR count). The number of hydrogen-bond donors (Lipinski definition) is 0. The third kappa shape index (κ3) is 2.81. The summed E-state index contributed by atoms with van der Waals surface area (Å²) in [5.41, 5.74) is 2.03. The van der Waals surface area contributed by atoms with Crippen LogP contribution in [0, 0.1) is 30.1 Å². The average Bonchev–Trinajstić information content (AvgIpc) is 3.07. The maximum absolute atomic E-state index is 13.1. The summed E-state index contributed by atoms with van der Waals surface area (Å²) in [5, 5.41) is 8.82. The van der Waals surface area contributed by atoms with Crippen molar-refractivity contribution in [3.05, 3.63) is 29.8 Å². The third-order valence-electron chi connectivity index (χ3n) is 6.74. The Morgan fingerprint density at radius 3 is 2.42 bits per heavy atom. The maximum Gasteiger partial charge on any atom is 0.277 e. The number of hydrogen-bond acceptors (Lipinski definition) is 5. The summed E-state index contributed by atoms with van der Waals surface area (Å²) in [4.78, 5) is 13.1. The molecular weight excluding hydrogens is 344 g/mol. The van der Waals surface area contributed by atoms with Gasteiger partial charge in [0.05, 0.1) is 5.75 Å². The van der Waals surface area contributed by atoms with Crippen molar-refractivity contribution in [2.75, 3.05) is 5.75 Å². The molecule has 5 heteroatoms. The molecule has 0 atom stereocenters. The van der Waals surface area contributed by atoms with E-state index in [1.165, 1.54) is 31.0 Å². The van der Waals surface area contributed by atoms with Crippen molar-refractivity contribution >= 4 is 17.5 Å². The van der Waals surface area contributed by atoms with Crippen LogP contribution in [0.25, 0.3) is 11.5 Å². The highest BCUT2D eigenvalue weighted by atomic mass is 32.2. The Bertz CT molecular complexity index is 809. The molecule has 26 heavy (non-hydrogen) atoms. The highest BCUT2D eigenvalue weighted by Gasteiger charge is 2.54. The van der Waals surface area contributed by atoms with Gasteiger partial charge in [0.15, 0.2) is 0 Å². The first-order valence-electron chi connectivity index (χ1n) is 9.67. The average molecular weight is 369 g/mol. The van der Waals surface area contributed by atoms with Gasteiger partial charge in [-0.3, -0.25) is 4.79 Å². The van der Waals surface area contributed by atoms with Gasteiger partial charge in [-0.05, 0) is 74.8 Å². The summed E-state index contributed by atoms with van der Waals surface area (Å²) in [6.07, 6.45) is 7.46. The van der Waals surface area contributed by atoms with Crippen LogP contribution in [0.15, 0.2) is 33.9 Å². The van der Waals surface area contributed by atoms with E-state index in [0.29, 0.717) is 22.6 Å². The number of Topliss-reactive ketones (excluding diaryl/α,β-unsaturated/α-hetero) is 1. The molecule has 0 aliphatic heterocycles. The molecule has 4 nitrogen and oxygen atoms in total. The minimum atomic E-state index is -0.0411. The molecule has 0 radical (unpaired) electrons. The zero-order valence-corrected chi connectivity index (χ0v) is 15.9. The second-order valence-electron chi connectivity index (χ2n) is 8.60. The second kappa shape index (κ2) is 6.22. The van der Waals surface area contributed by atoms with E-state index >= 15 is 0 Å². The summed E-state index contributed by atoms with van der Waals surface area (Å²) in [5.74, 6) is 3.80. The molecular formula is C21H24N2O2S. The van der Waals surface area contributed by atoms with Gasteiger partial charge in [-0.1, -0.05) is 30.0 Å². The first-order valence-corrected chi connectivity index (χ1v) is 10.7. The van der Waals surface area contributed by atoms with Crippen molar-refractivity contribution in [3.8, 4) is 11.5 Å². The normalized spacial score (nSPS) is 32.1. The lowest BCUT2D eigenvalue weighted by Gasteiger charge is -2.55. The lowest BCUT2D eigenvalue weighted by molar-refractivity contribution is -0.141. The van der Waals surface area contributed by atoms with Crippen LogP contribution in [0.4, 0.5) is 0 Å². The zero-order valence-electron chi connectivity index (χ0n) is 15.1. The van der Waals surface area contributed by atoms with E-state index in [9.17, 15) is 4.79 Å². The number of carbonyl (C=O) groups excluding carboxylic acids is 1. The Balaban J connectivity index is 1.27. The topological polar surface area (TPSA) is 56.0 Å². The number of aromatic nitrogens is 2. The lowest BCUT2D eigenvalue weighted by atomic mass is 9.48. The molecule has 4 saturated carbocycles. The van der Waals surface area contributed by atoms with Crippen molar-refractivity contribution < 1.29 is 9.21 Å². The van der Waals surface area contributed by atoms with Crippen molar-refractivity contribution in [2.24, 2.45) is 23.2 Å². The minimum absolute atomic E-state index is 0.0411. The van der Waals surface area contributed by atoms with Gasteiger partial charge >= 0.3 is 0 Å². The van der Waals surface area contributed by atoms with E-state index in [1.54, 1.807) is 0 Å². The molecule has 0 saturated heterocycles. The molecule has 4 fully saturated rings. The minimum Gasteiger partial charge on any atom is -0.411 e. The first-order chi connectivity index (χ1) is 12.6. The number of nitrogens with zero attached hydrogens (tertiary/aromatic N) is 2. The fourth-order valence-electron chi connectivity index (χ4n) is 5.92. The van der Waals surface area contributed by atoms with Crippen molar-refractivity contribution in [1.82, 2.24) is 10.2 Å². The molecule has 136 valence electrons. The van der Waals surface area contributed by atoms with Gasteiger partial charge in [0.1, 0.15) is 5.78 Å². The standard InChI is InChI=1S/C21H24N2O2S/c1-13-4-2-3-5-17(13)19-22-23-20(25-19)26-12-18(24)21-9-14-6-15(10-21)8-16(7-14)11-21/h2-5,14-16H,6-12H2,1H3. The molecule has 0 unspecified atom stereocenters. The summed E-state index contributed by atoms with van der Waals surface area (Å²) >= 11 is 1.41. The molecule has 0 amide bonds. The molecule has 4 bridgehead atoms. The van der Waals surface area contributed by atoms with Crippen LogP contribution < -0.4 is 0 Å². The monoisotopic (exact) mass is 368 g/mol. The predicted octanol–water partition coefficient (Wildman–Crippen LogP) is 4.92. The van der Waals surface area contributed by atoms with E-state index in [2.05, 4.69) is 10.2 Å². The largest absolute Gasteiger partial charge is 0.411 e. The van der Waals surface area contributed by atoms with Crippen LogP contribution in [-0.4, -0.2) is 21.7 Å². The number of aryl methyl sites for hydroxylation is 1. The van der Waals surface area contributed by atoms with Gasteiger partial charge in [-0.2, -0.15) is 0 Å². The lowest BCUT2D eigenvalue weighted by Crippen LogP contribution is -2.50. The molecule has 2 aromatic rings. The van der Waals surface area contributed by atoms with Gasteiger partial charge in [0.2, 0.25) is 5.89 Å². The number of thioether (sulfide) groups is 1. The van der Waals surface area contributed by atoms with Crippen LogP contribution in [0.1, 0.15) is 44.1 Å². The SMILES string of the molecule is Cc1ccccc1-c1nnc(SCC(=O)C23CC4CC(CC(C4)C2)C3)o1. The molecule has 1 heterocycles. The number of carbonyl (C=O) groups is 1. The number of rotatable bonds is 5. The number of ketones is 1. The Hall–Kier alpha value is -1.62. The smallest absolute Gasteiger partial charge is 0.277 e. The quantitative estimate of drug-likeness (QED) is 0.701. The van der Waals surface area contributed by atoms with Gasteiger partial charge < -0.3 is 4.42 Å². The Kier molecular flexibility index (Phi) is 3.96. The van der Waals surface area contributed by atoms with E-state index < -0.39 is 0 Å². The van der Waals surface area contributed by atoms with Crippen LogP contribution in [-0.2, 0) is 4.79 Å². The highest BCUT2D eigenvalue weighted by molar-refractivity contribution is 7.99. The second-order valence-corrected chi connectivity index (χ2v) is 9.52. The van der Waals surface area contributed by atoms with Gasteiger partial charge in [0, 0.05) is 11.0 Å². The molecule has 0 spiro atoms. The first kappa shape index (κ1) is 16.5.